The van der Waals surface area contributed by atoms with Gasteiger partial charge in [0.05, 0.1) is 12.8 Å². The number of amides is 1. The average molecular weight is 435 g/mol. The van der Waals surface area contributed by atoms with Crippen LogP contribution in [0.2, 0.25) is 0 Å². The van der Waals surface area contributed by atoms with Gasteiger partial charge in [0.25, 0.3) is 5.91 Å². The van der Waals surface area contributed by atoms with Crippen molar-refractivity contribution in [3.05, 3.63) is 60.0 Å². The van der Waals surface area contributed by atoms with Crippen LogP contribution in [0.5, 0.6) is 5.75 Å². The van der Waals surface area contributed by atoms with Crippen LogP contribution in [0.1, 0.15) is 16.9 Å². The van der Waals surface area contributed by atoms with E-state index >= 15 is 0 Å². The first-order chi connectivity index (χ1) is 15.2. The molecule has 0 saturated carbocycles. The summed E-state index contributed by atoms with van der Waals surface area (Å²) in [7, 11) is 1.65. The van der Waals surface area contributed by atoms with E-state index in [2.05, 4.69) is 14.9 Å². The summed E-state index contributed by atoms with van der Waals surface area (Å²) in [5.74, 6) is 1.49. The van der Waals surface area contributed by atoms with Gasteiger partial charge in [0, 0.05) is 55.7 Å². The van der Waals surface area contributed by atoms with Gasteiger partial charge in [-0.25, -0.2) is 15.0 Å². The largest absolute Gasteiger partial charge is 0.496 e. The van der Waals surface area contributed by atoms with Gasteiger partial charge in [-0.15, -0.1) is 11.3 Å². The molecular formula is C22H22N6O2S. The Morgan fingerprint density at radius 1 is 1.06 bits per heavy atom. The molecule has 0 spiro atoms. The Morgan fingerprint density at radius 3 is 2.74 bits per heavy atom. The van der Waals surface area contributed by atoms with E-state index in [0.717, 1.165) is 34.9 Å². The zero-order valence-corrected chi connectivity index (χ0v) is 18.0. The highest BCUT2D eigenvalue weighted by atomic mass is 32.1. The van der Waals surface area contributed by atoms with Crippen LogP contribution < -0.4 is 9.64 Å². The fraction of sp³-hybridized carbons (Fsp3) is 0.273. The first-order valence-corrected chi connectivity index (χ1v) is 11.0. The molecule has 1 aliphatic rings. The van der Waals surface area contributed by atoms with Crippen molar-refractivity contribution >= 4 is 28.2 Å². The maximum absolute atomic E-state index is 13.3. The molecule has 31 heavy (non-hydrogen) atoms. The number of imidazole rings is 1. The second-order valence-electron chi connectivity index (χ2n) is 7.28. The van der Waals surface area contributed by atoms with Gasteiger partial charge in [-0.05, 0) is 24.6 Å². The zero-order chi connectivity index (χ0) is 21.2. The third kappa shape index (κ3) is 3.72. The molecule has 3 aromatic heterocycles. The summed E-state index contributed by atoms with van der Waals surface area (Å²) in [6.45, 7) is 2.87. The molecule has 0 atom stereocenters. The van der Waals surface area contributed by atoms with Crippen molar-refractivity contribution in [3.63, 3.8) is 0 Å². The number of hydrogen-bond donors (Lipinski definition) is 0. The van der Waals surface area contributed by atoms with E-state index in [1.54, 1.807) is 19.5 Å². The van der Waals surface area contributed by atoms with Gasteiger partial charge in [0.2, 0.25) is 5.95 Å². The molecule has 0 radical (unpaired) electrons. The Labute approximate surface area is 183 Å². The molecular weight excluding hydrogens is 412 g/mol. The number of methoxy groups -OCH3 is 1. The van der Waals surface area contributed by atoms with E-state index in [1.807, 2.05) is 51.2 Å². The van der Waals surface area contributed by atoms with E-state index in [9.17, 15) is 4.79 Å². The minimum atomic E-state index is 0.0195. The Hall–Kier alpha value is -3.46. The number of ether oxygens (including phenoxy) is 1. The SMILES string of the molecule is COc1ccccc1-c1cn2c(C(=O)N3CCCN(c4ncccn4)CC3)csc2n1. The number of anilines is 1. The van der Waals surface area contributed by atoms with Gasteiger partial charge in [0.15, 0.2) is 4.96 Å². The minimum absolute atomic E-state index is 0.0195. The Bertz CT molecular complexity index is 1210. The fourth-order valence-electron chi connectivity index (χ4n) is 3.86. The summed E-state index contributed by atoms with van der Waals surface area (Å²) < 4.78 is 7.36. The number of para-hydroxylation sites is 1. The molecule has 0 N–H and O–H groups in total. The normalized spacial score (nSPS) is 14.6. The molecule has 0 unspecified atom stereocenters. The van der Waals surface area contributed by atoms with Crippen LogP contribution in [0.3, 0.4) is 0 Å². The maximum atomic E-state index is 13.3. The van der Waals surface area contributed by atoms with Gasteiger partial charge >= 0.3 is 0 Å². The summed E-state index contributed by atoms with van der Waals surface area (Å²) in [6.07, 6.45) is 6.28. The van der Waals surface area contributed by atoms with Crippen LogP contribution in [0.15, 0.2) is 54.3 Å². The van der Waals surface area contributed by atoms with Crippen molar-refractivity contribution in [1.82, 2.24) is 24.3 Å². The zero-order valence-electron chi connectivity index (χ0n) is 17.1. The Morgan fingerprint density at radius 2 is 1.90 bits per heavy atom. The Kier molecular flexibility index (Phi) is 5.25. The Balaban J connectivity index is 1.38. The van der Waals surface area contributed by atoms with E-state index in [1.165, 1.54) is 11.3 Å². The fourth-order valence-corrected chi connectivity index (χ4v) is 4.71. The third-order valence-electron chi connectivity index (χ3n) is 5.43. The van der Waals surface area contributed by atoms with Gasteiger partial charge in [-0.2, -0.15) is 0 Å². The van der Waals surface area contributed by atoms with Crippen LogP contribution in [0.25, 0.3) is 16.2 Å². The quantitative estimate of drug-likeness (QED) is 0.491. The number of carbonyl (C=O) groups excluding carboxylic acids is 1. The van der Waals surface area contributed by atoms with Crippen molar-refractivity contribution < 1.29 is 9.53 Å². The second-order valence-corrected chi connectivity index (χ2v) is 8.12. The van der Waals surface area contributed by atoms with Gasteiger partial charge in [0.1, 0.15) is 11.4 Å². The molecule has 0 bridgehead atoms. The van der Waals surface area contributed by atoms with Crippen LogP contribution in [-0.2, 0) is 0 Å². The lowest BCUT2D eigenvalue weighted by atomic mass is 10.1. The van der Waals surface area contributed by atoms with Crippen LogP contribution >= 0.6 is 11.3 Å². The van der Waals surface area contributed by atoms with Crippen LogP contribution in [-0.4, -0.2) is 63.4 Å². The molecule has 1 aliphatic heterocycles. The van der Waals surface area contributed by atoms with Crippen molar-refractivity contribution in [2.75, 3.05) is 38.2 Å². The molecule has 0 aliphatic carbocycles. The smallest absolute Gasteiger partial charge is 0.271 e. The van der Waals surface area contributed by atoms with Gasteiger partial charge < -0.3 is 14.5 Å². The first-order valence-electron chi connectivity index (χ1n) is 10.2. The number of rotatable bonds is 4. The number of nitrogens with zero attached hydrogens (tertiary/aromatic N) is 6. The molecule has 9 heteroatoms. The molecule has 1 fully saturated rings. The van der Waals surface area contributed by atoms with Crippen LogP contribution in [0.4, 0.5) is 5.95 Å². The number of fused-ring (bicyclic) bond motifs is 1. The summed E-state index contributed by atoms with van der Waals surface area (Å²) >= 11 is 1.47. The molecule has 8 nitrogen and oxygen atoms in total. The lowest BCUT2D eigenvalue weighted by Crippen LogP contribution is -2.36. The van der Waals surface area contributed by atoms with E-state index in [-0.39, 0.29) is 5.91 Å². The van der Waals surface area contributed by atoms with Gasteiger partial charge in [-0.1, -0.05) is 12.1 Å². The van der Waals surface area contributed by atoms with Crippen molar-refractivity contribution in [3.8, 4) is 17.0 Å². The predicted octanol–water partition coefficient (Wildman–Crippen LogP) is 3.21. The summed E-state index contributed by atoms with van der Waals surface area (Å²) in [5.41, 5.74) is 2.34. The predicted molar refractivity (Wildman–Crippen MR) is 120 cm³/mol. The van der Waals surface area contributed by atoms with E-state index in [0.29, 0.717) is 31.3 Å². The molecule has 4 heterocycles. The molecule has 1 aromatic carbocycles. The maximum Gasteiger partial charge on any atom is 0.271 e. The molecule has 1 saturated heterocycles. The van der Waals surface area contributed by atoms with Crippen LogP contribution in [0, 0.1) is 0 Å². The van der Waals surface area contributed by atoms with Crippen molar-refractivity contribution in [2.45, 2.75) is 6.42 Å². The third-order valence-corrected chi connectivity index (χ3v) is 6.27. The average Bonchev–Trinajstić information content (AvgIpc) is 3.31. The summed E-state index contributed by atoms with van der Waals surface area (Å²) in [4.78, 5) is 31.6. The van der Waals surface area contributed by atoms with E-state index in [4.69, 9.17) is 9.72 Å². The number of benzene rings is 1. The van der Waals surface area contributed by atoms with Gasteiger partial charge in [-0.3, -0.25) is 9.20 Å². The number of thiazole rings is 1. The number of hydrogen-bond acceptors (Lipinski definition) is 7. The highest BCUT2D eigenvalue weighted by Gasteiger charge is 2.24. The topological polar surface area (TPSA) is 75.9 Å². The molecule has 158 valence electrons. The van der Waals surface area contributed by atoms with E-state index < -0.39 is 0 Å². The summed E-state index contributed by atoms with van der Waals surface area (Å²) in [5, 5.41) is 1.89. The highest BCUT2D eigenvalue weighted by Crippen LogP contribution is 2.31. The monoisotopic (exact) mass is 434 g/mol. The standard InChI is InChI=1S/C22H22N6O2S/c1-30-19-7-3-2-6-16(19)17-14-28-18(15-31-22(28)25-17)20(29)26-10-5-11-27(13-12-26)21-23-8-4-9-24-21/h2-4,6-9,14-15H,5,10-13H2,1H3. The first kappa shape index (κ1) is 19.5. The number of carbonyl (C=O) groups is 1. The summed E-state index contributed by atoms with van der Waals surface area (Å²) in [6, 6.07) is 9.58. The lowest BCUT2D eigenvalue weighted by Gasteiger charge is -2.21. The molecule has 4 aromatic rings. The molecule has 1 amide bonds. The molecule has 5 rings (SSSR count). The van der Waals surface area contributed by atoms with Crippen molar-refractivity contribution in [1.29, 1.82) is 0 Å². The minimum Gasteiger partial charge on any atom is -0.496 e. The lowest BCUT2D eigenvalue weighted by molar-refractivity contribution is 0.0760. The second kappa shape index (κ2) is 8.35. The number of aromatic nitrogens is 4. The van der Waals surface area contributed by atoms with Crippen molar-refractivity contribution in [2.24, 2.45) is 0 Å². The highest BCUT2D eigenvalue weighted by molar-refractivity contribution is 7.15.